The minimum Gasteiger partial charge on any atom is -0.379 e. The molecule has 0 N–H and O–H groups in total. The first-order valence-corrected chi connectivity index (χ1v) is 11.2. The van der Waals surface area contributed by atoms with Crippen molar-refractivity contribution >= 4 is 39.1 Å². The Labute approximate surface area is 173 Å². The molecule has 6 nitrogen and oxygen atoms in total. The van der Waals surface area contributed by atoms with E-state index in [0.29, 0.717) is 10.8 Å². The number of rotatable bonds is 6. The van der Waals surface area contributed by atoms with Crippen LogP contribution in [0.5, 0.6) is 0 Å². The van der Waals surface area contributed by atoms with Crippen LogP contribution in [-0.4, -0.2) is 86.0 Å². The Morgan fingerprint density at radius 1 is 1.22 bits per heavy atom. The number of hydrogen-bond donors (Lipinski definition) is 0. The van der Waals surface area contributed by atoms with E-state index in [2.05, 4.69) is 20.8 Å². The highest BCUT2D eigenvalue weighted by molar-refractivity contribution is 9.11. The summed E-state index contributed by atoms with van der Waals surface area (Å²) >= 11 is 4.76. The highest BCUT2D eigenvalue weighted by Gasteiger charge is 2.25. The molecule has 0 aromatic carbocycles. The lowest BCUT2D eigenvalue weighted by Crippen LogP contribution is -2.45. The van der Waals surface area contributed by atoms with Crippen LogP contribution in [0.15, 0.2) is 15.9 Å². The third-order valence-corrected chi connectivity index (χ3v) is 7.04. The number of halogens is 1. The summed E-state index contributed by atoms with van der Waals surface area (Å²) in [4.78, 5) is 31.5. The quantitative estimate of drug-likeness (QED) is 0.658. The summed E-state index contributed by atoms with van der Waals surface area (Å²) in [7, 11) is 1.70. The molecule has 1 aromatic rings. The lowest BCUT2D eigenvalue weighted by Gasteiger charge is -2.34. The van der Waals surface area contributed by atoms with E-state index >= 15 is 0 Å². The second kappa shape index (κ2) is 10.0. The van der Waals surface area contributed by atoms with Gasteiger partial charge in [-0.1, -0.05) is 0 Å². The number of thiophene rings is 1. The zero-order chi connectivity index (χ0) is 19.2. The fourth-order valence-electron chi connectivity index (χ4n) is 3.65. The number of likely N-dealkylation sites (tertiary alicyclic amines) is 1. The lowest BCUT2D eigenvalue weighted by molar-refractivity contribution is -0.133. The monoisotopic (exact) mass is 457 g/mol. The molecule has 8 heteroatoms. The molecule has 0 atom stereocenters. The van der Waals surface area contributed by atoms with Gasteiger partial charge in [0.25, 0.3) is 5.91 Å². The number of likely N-dealkylation sites (N-methyl/N-ethyl adjacent to an activating group) is 1. The maximum atomic E-state index is 12.6. The van der Waals surface area contributed by atoms with Crippen LogP contribution in [0.4, 0.5) is 0 Å². The van der Waals surface area contributed by atoms with Crippen LogP contribution in [0, 0.1) is 5.92 Å². The third kappa shape index (κ3) is 6.01. The maximum absolute atomic E-state index is 12.6. The Morgan fingerprint density at radius 2 is 1.93 bits per heavy atom. The first-order valence-electron chi connectivity index (χ1n) is 9.61. The maximum Gasteiger partial charge on any atom is 0.264 e. The van der Waals surface area contributed by atoms with Gasteiger partial charge in [-0.15, -0.1) is 11.3 Å². The van der Waals surface area contributed by atoms with E-state index < -0.39 is 0 Å². The van der Waals surface area contributed by atoms with Crippen LogP contribution < -0.4 is 0 Å². The molecule has 2 saturated heterocycles. The summed E-state index contributed by atoms with van der Waals surface area (Å²) in [5.74, 6) is 0.646. The number of morpholine rings is 1. The minimum atomic E-state index is -0.0977. The van der Waals surface area contributed by atoms with Crippen LogP contribution in [0.3, 0.4) is 0 Å². The van der Waals surface area contributed by atoms with Crippen molar-refractivity contribution in [3.8, 4) is 0 Å². The summed E-state index contributed by atoms with van der Waals surface area (Å²) in [6.45, 7) is 6.67. The molecule has 3 heterocycles. The molecule has 2 aliphatic rings. The zero-order valence-electron chi connectivity index (χ0n) is 15.9. The Kier molecular flexibility index (Phi) is 7.69. The van der Waals surface area contributed by atoms with Gasteiger partial charge >= 0.3 is 0 Å². The molecular formula is C19H28BrN3O3S. The van der Waals surface area contributed by atoms with Crippen molar-refractivity contribution in [3.63, 3.8) is 0 Å². The zero-order valence-corrected chi connectivity index (χ0v) is 18.3. The predicted molar refractivity (Wildman–Crippen MR) is 110 cm³/mol. The summed E-state index contributed by atoms with van der Waals surface area (Å²) in [6.07, 6.45) is 3.32. The highest BCUT2D eigenvalue weighted by atomic mass is 79.9. The SMILES string of the molecule is CN(CC(=O)N1CCC(CCN2CCOCC2)CC1)C(=O)c1ccc(Br)s1. The molecule has 0 saturated carbocycles. The minimum absolute atomic E-state index is 0.0492. The molecule has 27 heavy (non-hydrogen) atoms. The number of nitrogens with zero attached hydrogens (tertiary/aromatic N) is 3. The van der Waals surface area contributed by atoms with Crippen molar-refractivity contribution in [2.75, 3.05) is 59.5 Å². The standard InChI is InChI=1S/C19H28BrN3O3S/c1-21(19(25)16-2-3-17(20)27-16)14-18(24)23-8-5-15(6-9-23)4-7-22-10-12-26-13-11-22/h2-3,15H,4-14H2,1H3. The van der Waals surface area contributed by atoms with Gasteiger partial charge in [0.2, 0.25) is 5.91 Å². The van der Waals surface area contributed by atoms with Crippen LogP contribution >= 0.6 is 27.3 Å². The van der Waals surface area contributed by atoms with Crippen molar-refractivity contribution < 1.29 is 14.3 Å². The first kappa shape index (κ1) is 20.8. The average molecular weight is 458 g/mol. The number of amides is 2. The summed E-state index contributed by atoms with van der Waals surface area (Å²) < 4.78 is 6.32. The van der Waals surface area contributed by atoms with Crippen LogP contribution in [0.25, 0.3) is 0 Å². The highest BCUT2D eigenvalue weighted by Crippen LogP contribution is 2.24. The van der Waals surface area contributed by atoms with E-state index in [0.717, 1.165) is 62.6 Å². The molecule has 0 bridgehead atoms. The van der Waals surface area contributed by atoms with Crippen molar-refractivity contribution in [1.82, 2.24) is 14.7 Å². The Morgan fingerprint density at radius 3 is 2.56 bits per heavy atom. The van der Waals surface area contributed by atoms with Gasteiger partial charge in [-0.3, -0.25) is 14.5 Å². The molecule has 150 valence electrons. The van der Waals surface area contributed by atoms with Gasteiger partial charge in [-0.25, -0.2) is 0 Å². The average Bonchev–Trinajstić information content (AvgIpc) is 3.13. The van der Waals surface area contributed by atoms with Gasteiger partial charge in [0.05, 0.1) is 28.4 Å². The van der Waals surface area contributed by atoms with Crippen LogP contribution in [0.1, 0.15) is 28.9 Å². The molecule has 0 radical (unpaired) electrons. The van der Waals surface area contributed by atoms with E-state index in [1.54, 1.807) is 13.1 Å². The van der Waals surface area contributed by atoms with Crippen molar-refractivity contribution in [3.05, 3.63) is 20.8 Å². The summed E-state index contributed by atoms with van der Waals surface area (Å²) in [6, 6.07) is 3.65. The Bertz CT molecular complexity index is 640. The van der Waals surface area contributed by atoms with Gasteiger partial charge < -0.3 is 14.5 Å². The molecule has 0 spiro atoms. The predicted octanol–water partition coefficient (Wildman–Crippen LogP) is 2.54. The topological polar surface area (TPSA) is 53.1 Å². The Hall–Kier alpha value is -0.960. The van der Waals surface area contributed by atoms with Crippen molar-refractivity contribution in [2.24, 2.45) is 5.92 Å². The molecule has 2 fully saturated rings. The fraction of sp³-hybridized carbons (Fsp3) is 0.684. The molecule has 3 rings (SSSR count). The number of carbonyl (C=O) groups is 2. The molecule has 0 unspecified atom stereocenters. The van der Waals surface area contributed by atoms with E-state index in [1.807, 2.05) is 11.0 Å². The fourth-order valence-corrected chi connectivity index (χ4v) is 5.03. The van der Waals surface area contributed by atoms with Crippen LogP contribution in [0.2, 0.25) is 0 Å². The molecule has 2 amide bonds. The smallest absolute Gasteiger partial charge is 0.264 e. The first-order chi connectivity index (χ1) is 13.0. The normalized spacial score (nSPS) is 19.3. The van der Waals surface area contributed by atoms with Gasteiger partial charge in [-0.2, -0.15) is 0 Å². The van der Waals surface area contributed by atoms with Gasteiger partial charge in [0.15, 0.2) is 0 Å². The van der Waals surface area contributed by atoms with E-state index in [1.165, 1.54) is 22.7 Å². The third-order valence-electron chi connectivity index (χ3n) is 5.43. The van der Waals surface area contributed by atoms with Crippen LogP contribution in [-0.2, 0) is 9.53 Å². The number of carbonyl (C=O) groups excluding carboxylic acids is 2. The van der Waals surface area contributed by atoms with Gasteiger partial charge in [0, 0.05) is 33.2 Å². The van der Waals surface area contributed by atoms with Gasteiger partial charge in [0.1, 0.15) is 0 Å². The second-order valence-electron chi connectivity index (χ2n) is 7.33. The lowest BCUT2D eigenvalue weighted by atomic mass is 9.93. The molecular weight excluding hydrogens is 430 g/mol. The van der Waals surface area contributed by atoms with Crippen molar-refractivity contribution in [2.45, 2.75) is 19.3 Å². The molecule has 1 aromatic heterocycles. The Balaban J connectivity index is 1.38. The largest absolute Gasteiger partial charge is 0.379 e. The number of ether oxygens (including phenoxy) is 1. The van der Waals surface area contributed by atoms with E-state index in [-0.39, 0.29) is 18.4 Å². The second-order valence-corrected chi connectivity index (χ2v) is 9.79. The number of hydrogen-bond acceptors (Lipinski definition) is 5. The summed E-state index contributed by atoms with van der Waals surface area (Å²) in [5, 5.41) is 0. The summed E-state index contributed by atoms with van der Waals surface area (Å²) in [5.41, 5.74) is 0. The van der Waals surface area contributed by atoms with Gasteiger partial charge in [-0.05, 0) is 59.8 Å². The molecule has 2 aliphatic heterocycles. The number of piperidine rings is 1. The molecule has 0 aliphatic carbocycles. The van der Waals surface area contributed by atoms with Crippen molar-refractivity contribution in [1.29, 1.82) is 0 Å². The van der Waals surface area contributed by atoms with E-state index in [9.17, 15) is 9.59 Å². The van der Waals surface area contributed by atoms with E-state index in [4.69, 9.17) is 4.74 Å².